The Kier molecular flexibility index (Phi) is 9.19. The Balaban J connectivity index is 1.22. The summed E-state index contributed by atoms with van der Waals surface area (Å²) in [6, 6.07) is 19.6. The van der Waals surface area contributed by atoms with E-state index in [2.05, 4.69) is 15.5 Å². The third-order valence-electron chi connectivity index (χ3n) is 8.48. The van der Waals surface area contributed by atoms with Crippen LogP contribution in [0.15, 0.2) is 84.1 Å². The van der Waals surface area contributed by atoms with Crippen molar-refractivity contribution in [3.63, 3.8) is 0 Å². The molecular formula is C35H34FN7O4. The van der Waals surface area contributed by atoms with Gasteiger partial charge in [0, 0.05) is 55.3 Å². The average Bonchev–Trinajstić information content (AvgIpc) is 3.59. The highest BCUT2D eigenvalue weighted by Gasteiger charge is 2.38. The number of carbonyl (C=O) groups excluding carboxylic acids is 1. The minimum absolute atomic E-state index is 0.0235. The van der Waals surface area contributed by atoms with E-state index in [1.54, 1.807) is 29.8 Å². The highest BCUT2D eigenvalue weighted by molar-refractivity contribution is 6.03. The van der Waals surface area contributed by atoms with E-state index in [1.807, 2.05) is 53.7 Å². The second kappa shape index (κ2) is 13.8. The summed E-state index contributed by atoms with van der Waals surface area (Å²) in [6.07, 6.45) is 8.08. The highest BCUT2D eigenvalue weighted by Crippen LogP contribution is 2.40. The quantitative estimate of drug-likeness (QED) is 0.140. The van der Waals surface area contributed by atoms with Crippen LogP contribution in [0.2, 0.25) is 0 Å². The number of aliphatic imine (C=N–C) groups is 1. The largest absolute Gasteiger partial charge is 0.504 e. The predicted molar refractivity (Wildman–Crippen MR) is 175 cm³/mol. The first kappa shape index (κ1) is 31.3. The number of hydroxylamine groups is 1. The minimum atomic E-state index is -0.627. The number of nitrogens with zero attached hydrogens (tertiary/aromatic N) is 4. The Labute approximate surface area is 271 Å². The first-order valence-corrected chi connectivity index (χ1v) is 15.2. The van der Waals surface area contributed by atoms with E-state index < -0.39 is 11.7 Å². The van der Waals surface area contributed by atoms with Gasteiger partial charge in [-0.15, -0.1) is 0 Å². The molecule has 47 heavy (non-hydrogen) atoms. The summed E-state index contributed by atoms with van der Waals surface area (Å²) in [5.41, 5.74) is 6.00. The number of piperidine rings is 1. The molecule has 1 atom stereocenters. The van der Waals surface area contributed by atoms with Crippen molar-refractivity contribution in [2.24, 2.45) is 4.99 Å². The summed E-state index contributed by atoms with van der Waals surface area (Å²) in [6.45, 7) is 2.19. The van der Waals surface area contributed by atoms with Crippen LogP contribution in [0.25, 0.3) is 17.3 Å². The summed E-state index contributed by atoms with van der Waals surface area (Å²) >= 11 is 0. The summed E-state index contributed by atoms with van der Waals surface area (Å²) in [5, 5.41) is 35.6. The van der Waals surface area contributed by atoms with Crippen molar-refractivity contribution in [1.29, 1.82) is 5.26 Å². The van der Waals surface area contributed by atoms with Crippen LogP contribution in [0.5, 0.6) is 11.5 Å². The molecule has 6 rings (SSSR count). The molecule has 0 spiro atoms. The lowest BCUT2D eigenvalue weighted by atomic mass is 9.94. The molecule has 0 saturated carbocycles. The Hall–Kier alpha value is -5.64. The number of likely N-dealkylation sites (tertiary alicyclic amines) is 1. The van der Waals surface area contributed by atoms with Crippen LogP contribution >= 0.6 is 0 Å². The number of ether oxygens (including phenoxy) is 1. The van der Waals surface area contributed by atoms with Gasteiger partial charge in [0.05, 0.1) is 18.4 Å². The van der Waals surface area contributed by atoms with Crippen molar-refractivity contribution in [3.05, 3.63) is 113 Å². The molecule has 1 amide bonds. The maximum absolute atomic E-state index is 14.9. The number of methoxy groups -OCH3 is 1. The number of hydrogen-bond donors (Lipinski definition) is 5. The number of phenolic OH excluding ortho intramolecular Hbond substituents is 1. The summed E-state index contributed by atoms with van der Waals surface area (Å²) in [4.78, 5) is 20.6. The van der Waals surface area contributed by atoms with Gasteiger partial charge in [0.2, 0.25) is 5.96 Å². The number of fused-ring (bicyclic) bond motifs is 1. The Morgan fingerprint density at radius 3 is 2.60 bits per heavy atom. The maximum Gasteiger partial charge on any atom is 0.267 e. The molecular weight excluding hydrogens is 601 g/mol. The van der Waals surface area contributed by atoms with Gasteiger partial charge in [-0.2, -0.15) is 5.26 Å². The van der Waals surface area contributed by atoms with Crippen molar-refractivity contribution in [2.75, 3.05) is 20.2 Å². The van der Waals surface area contributed by atoms with Crippen molar-refractivity contribution >= 4 is 29.2 Å². The number of aromatic hydroxyl groups is 1. The van der Waals surface area contributed by atoms with Crippen LogP contribution < -0.4 is 20.9 Å². The number of carbonyl (C=O) groups is 1. The van der Waals surface area contributed by atoms with Gasteiger partial charge in [0.15, 0.2) is 11.5 Å². The monoisotopic (exact) mass is 635 g/mol. The number of nitrogens with one attached hydrogen (secondary N) is 3. The van der Waals surface area contributed by atoms with E-state index in [1.165, 1.54) is 25.3 Å². The number of halogens is 1. The Bertz CT molecular complexity index is 1820. The molecule has 11 nitrogen and oxygen atoms in total. The normalized spacial score (nSPS) is 17.7. The van der Waals surface area contributed by atoms with Gasteiger partial charge < -0.3 is 25.4 Å². The number of guanidine groups is 1. The number of amides is 1. The van der Waals surface area contributed by atoms with Gasteiger partial charge in [-0.3, -0.25) is 14.9 Å². The Morgan fingerprint density at radius 2 is 1.91 bits per heavy atom. The van der Waals surface area contributed by atoms with Crippen LogP contribution in [0.4, 0.5) is 4.39 Å². The van der Waals surface area contributed by atoms with Gasteiger partial charge in [-0.1, -0.05) is 36.4 Å². The summed E-state index contributed by atoms with van der Waals surface area (Å²) in [7, 11) is 1.49. The van der Waals surface area contributed by atoms with E-state index in [0.717, 1.165) is 48.6 Å². The molecule has 3 aromatic carbocycles. The molecule has 0 radical (unpaired) electrons. The van der Waals surface area contributed by atoms with Crippen LogP contribution in [0, 0.1) is 17.1 Å². The molecule has 1 fully saturated rings. The second-order valence-electron chi connectivity index (χ2n) is 11.4. The van der Waals surface area contributed by atoms with Crippen molar-refractivity contribution < 1.29 is 24.2 Å². The predicted octanol–water partition coefficient (Wildman–Crippen LogP) is 4.12. The Morgan fingerprint density at radius 1 is 1.15 bits per heavy atom. The highest BCUT2D eigenvalue weighted by atomic mass is 19.1. The second-order valence-corrected chi connectivity index (χ2v) is 11.4. The van der Waals surface area contributed by atoms with Gasteiger partial charge >= 0.3 is 0 Å². The SMILES string of the molecule is COc1ccc(C2=C(c3ccc(C#N)c(F)c3)N=C(N3CCC(NCc4ccc(/C=C/C(=O)NO)cc4)CC3)N3C=CNC23)cc1O. The summed E-state index contributed by atoms with van der Waals surface area (Å²) in [5.74, 6) is -0.163. The molecule has 0 aliphatic carbocycles. The molecule has 3 aliphatic rings. The smallest absolute Gasteiger partial charge is 0.267 e. The number of benzene rings is 3. The average molecular weight is 636 g/mol. The zero-order valence-electron chi connectivity index (χ0n) is 25.7. The molecule has 12 heteroatoms. The summed E-state index contributed by atoms with van der Waals surface area (Å²) < 4.78 is 20.2. The lowest BCUT2D eigenvalue weighted by molar-refractivity contribution is -0.124. The van der Waals surface area contributed by atoms with E-state index >= 15 is 0 Å². The molecule has 1 saturated heterocycles. The van der Waals surface area contributed by atoms with Gasteiger partial charge in [-0.05, 0) is 59.9 Å². The zero-order valence-corrected chi connectivity index (χ0v) is 25.7. The lowest BCUT2D eigenvalue weighted by Crippen LogP contribution is -2.53. The number of nitriles is 1. The maximum atomic E-state index is 14.9. The van der Waals surface area contributed by atoms with Crippen molar-refractivity contribution in [3.8, 4) is 17.6 Å². The standard InChI is InChI=1S/C35H34FN7O4/c1-47-30-10-9-24(19-29(30)44)32-33(25-7-8-26(20-37)28(36)18-25)40-35(43-17-14-38-34(32)43)42-15-12-27(13-16-42)39-21-23-4-2-22(3-5-23)6-11-31(45)41-46/h2-11,14,17-19,27,34,38-39,44,46H,12-13,15-16,21H2,1H3,(H,41,45)/b11-6+. The first-order chi connectivity index (χ1) is 22.9. The fourth-order valence-electron chi connectivity index (χ4n) is 5.99. The lowest BCUT2D eigenvalue weighted by Gasteiger charge is -2.42. The van der Waals surface area contributed by atoms with Crippen LogP contribution in [-0.2, 0) is 11.3 Å². The zero-order chi connectivity index (χ0) is 32.9. The molecule has 240 valence electrons. The molecule has 3 aromatic rings. The third kappa shape index (κ3) is 6.67. The fraction of sp³-hybridized carbons (Fsp3) is 0.229. The van der Waals surface area contributed by atoms with Gasteiger partial charge in [0.1, 0.15) is 18.1 Å². The fourth-order valence-corrected chi connectivity index (χ4v) is 5.99. The number of hydrogen-bond acceptors (Lipinski definition) is 10. The molecule has 0 aromatic heterocycles. The molecule has 3 aliphatic heterocycles. The number of phenols is 1. The minimum Gasteiger partial charge on any atom is -0.504 e. The third-order valence-corrected chi connectivity index (χ3v) is 8.48. The van der Waals surface area contributed by atoms with Crippen LogP contribution in [0.1, 0.15) is 40.7 Å². The topological polar surface area (TPSA) is 145 Å². The van der Waals surface area contributed by atoms with E-state index in [0.29, 0.717) is 35.2 Å². The first-order valence-electron chi connectivity index (χ1n) is 15.2. The molecule has 3 heterocycles. The van der Waals surface area contributed by atoms with Crippen molar-refractivity contribution in [1.82, 2.24) is 25.9 Å². The van der Waals surface area contributed by atoms with Crippen LogP contribution in [0.3, 0.4) is 0 Å². The van der Waals surface area contributed by atoms with Gasteiger partial charge in [-0.25, -0.2) is 14.9 Å². The van der Waals surface area contributed by atoms with Crippen molar-refractivity contribution in [2.45, 2.75) is 31.6 Å². The van der Waals surface area contributed by atoms with E-state index in [-0.39, 0.29) is 17.5 Å². The van der Waals surface area contributed by atoms with Crippen LogP contribution in [-0.4, -0.2) is 64.4 Å². The van der Waals surface area contributed by atoms with E-state index in [9.17, 15) is 19.6 Å². The molecule has 1 unspecified atom stereocenters. The molecule has 5 N–H and O–H groups in total. The number of rotatable bonds is 8. The van der Waals surface area contributed by atoms with E-state index in [4.69, 9.17) is 14.9 Å². The molecule has 0 bridgehead atoms. The van der Waals surface area contributed by atoms with Gasteiger partial charge in [0.25, 0.3) is 5.91 Å².